The molecular weight excluding hydrogens is 212 g/mol. The summed E-state index contributed by atoms with van der Waals surface area (Å²) in [6.45, 7) is 6.05. The molecule has 4 nitrogen and oxygen atoms in total. The van der Waals surface area contributed by atoms with Crippen LogP contribution in [0.4, 0.5) is 0 Å². The highest BCUT2D eigenvalue weighted by atomic mass is 15.2. The summed E-state index contributed by atoms with van der Waals surface area (Å²) < 4.78 is 0. The van der Waals surface area contributed by atoms with Crippen molar-refractivity contribution in [3.63, 3.8) is 0 Å². The van der Waals surface area contributed by atoms with E-state index in [0.29, 0.717) is 12.6 Å². The Labute approximate surface area is 104 Å². The first-order valence-corrected chi connectivity index (χ1v) is 6.34. The van der Waals surface area contributed by atoms with Gasteiger partial charge in [-0.15, -0.1) is 0 Å². The number of hydrogen-bond acceptors (Lipinski definition) is 4. The summed E-state index contributed by atoms with van der Waals surface area (Å²) in [5.74, 6) is 0. The maximum atomic E-state index is 5.56. The van der Waals surface area contributed by atoms with Crippen LogP contribution in [0.15, 0.2) is 24.5 Å². The van der Waals surface area contributed by atoms with Crippen LogP contribution in [0.3, 0.4) is 0 Å². The van der Waals surface area contributed by atoms with E-state index in [9.17, 15) is 0 Å². The number of nitrogens with two attached hydrogens (primary N) is 2. The summed E-state index contributed by atoms with van der Waals surface area (Å²) in [7, 11) is 0. The Hall–Kier alpha value is -0.970. The minimum atomic E-state index is 0.577. The van der Waals surface area contributed by atoms with Crippen LogP contribution in [0.2, 0.25) is 0 Å². The lowest BCUT2D eigenvalue weighted by molar-refractivity contribution is 0.272. The van der Waals surface area contributed by atoms with E-state index in [-0.39, 0.29) is 0 Å². The van der Waals surface area contributed by atoms with Crippen molar-refractivity contribution in [2.45, 2.75) is 32.4 Å². The fourth-order valence-electron chi connectivity index (χ4n) is 2.10. The highest BCUT2D eigenvalue weighted by molar-refractivity contribution is 5.06. The Kier molecular flexibility index (Phi) is 6.77. The van der Waals surface area contributed by atoms with Gasteiger partial charge in [0.05, 0.1) is 0 Å². The molecule has 0 aromatic carbocycles. The maximum Gasteiger partial charge on any atom is 0.0312 e. The average Bonchev–Trinajstić information content (AvgIpc) is 2.88. The molecule has 0 spiro atoms. The zero-order valence-electron chi connectivity index (χ0n) is 10.7. The summed E-state index contributed by atoms with van der Waals surface area (Å²) >= 11 is 0. The SMILES string of the molecule is CCN1CCCC1CN.NCc1cccnc1. The quantitative estimate of drug-likeness (QED) is 0.820. The highest BCUT2D eigenvalue weighted by Crippen LogP contribution is 2.14. The number of pyridine rings is 1. The van der Waals surface area contributed by atoms with Gasteiger partial charge in [-0.3, -0.25) is 9.88 Å². The van der Waals surface area contributed by atoms with E-state index < -0.39 is 0 Å². The lowest BCUT2D eigenvalue weighted by Gasteiger charge is -2.20. The first-order valence-electron chi connectivity index (χ1n) is 6.34. The van der Waals surface area contributed by atoms with Crippen molar-refractivity contribution in [1.82, 2.24) is 9.88 Å². The van der Waals surface area contributed by atoms with Gasteiger partial charge in [0.1, 0.15) is 0 Å². The van der Waals surface area contributed by atoms with Gasteiger partial charge in [-0.25, -0.2) is 0 Å². The van der Waals surface area contributed by atoms with Crippen LogP contribution in [0.1, 0.15) is 25.3 Å². The Morgan fingerprint density at radius 1 is 1.47 bits per heavy atom. The topological polar surface area (TPSA) is 68.2 Å². The van der Waals surface area contributed by atoms with E-state index in [4.69, 9.17) is 11.5 Å². The van der Waals surface area contributed by atoms with Crippen molar-refractivity contribution < 1.29 is 0 Å². The van der Waals surface area contributed by atoms with Gasteiger partial charge in [0, 0.05) is 31.5 Å². The largest absolute Gasteiger partial charge is 0.329 e. The molecule has 1 fully saturated rings. The van der Waals surface area contributed by atoms with Crippen molar-refractivity contribution in [2.75, 3.05) is 19.6 Å². The van der Waals surface area contributed by atoms with Crippen LogP contribution >= 0.6 is 0 Å². The second-order valence-corrected chi connectivity index (χ2v) is 4.23. The van der Waals surface area contributed by atoms with Gasteiger partial charge < -0.3 is 11.5 Å². The van der Waals surface area contributed by atoms with E-state index in [2.05, 4.69) is 16.8 Å². The molecule has 4 N–H and O–H groups in total. The molecule has 0 saturated carbocycles. The molecule has 1 unspecified atom stereocenters. The normalized spacial score (nSPS) is 19.8. The molecule has 1 aliphatic rings. The molecule has 17 heavy (non-hydrogen) atoms. The van der Waals surface area contributed by atoms with E-state index >= 15 is 0 Å². The van der Waals surface area contributed by atoms with E-state index in [1.807, 2.05) is 12.1 Å². The monoisotopic (exact) mass is 236 g/mol. The second-order valence-electron chi connectivity index (χ2n) is 4.23. The molecule has 0 amide bonds. The lowest BCUT2D eigenvalue weighted by atomic mass is 10.2. The number of aromatic nitrogens is 1. The van der Waals surface area contributed by atoms with E-state index in [1.165, 1.54) is 25.9 Å². The van der Waals surface area contributed by atoms with Crippen molar-refractivity contribution in [1.29, 1.82) is 0 Å². The van der Waals surface area contributed by atoms with Crippen molar-refractivity contribution in [3.05, 3.63) is 30.1 Å². The van der Waals surface area contributed by atoms with Crippen molar-refractivity contribution in [3.8, 4) is 0 Å². The molecule has 1 aromatic rings. The Balaban J connectivity index is 0.000000171. The predicted molar refractivity (Wildman–Crippen MR) is 71.5 cm³/mol. The molecule has 1 aromatic heterocycles. The van der Waals surface area contributed by atoms with Gasteiger partial charge in [-0.05, 0) is 37.6 Å². The van der Waals surface area contributed by atoms with Gasteiger partial charge >= 0.3 is 0 Å². The molecule has 0 aliphatic carbocycles. The average molecular weight is 236 g/mol. The standard InChI is InChI=1S/C7H16N2.C6H8N2/c1-2-9-5-3-4-7(9)6-8;7-4-6-2-1-3-8-5-6/h7H,2-6,8H2,1H3;1-3,5H,4,7H2. The minimum absolute atomic E-state index is 0.577. The first-order chi connectivity index (χ1) is 8.31. The third-order valence-corrected chi connectivity index (χ3v) is 3.14. The predicted octanol–water partition coefficient (Wildman–Crippen LogP) is 0.970. The number of rotatable bonds is 3. The Bertz CT molecular complexity index is 279. The molecule has 96 valence electrons. The molecule has 0 bridgehead atoms. The number of nitrogens with zero attached hydrogens (tertiary/aromatic N) is 2. The Morgan fingerprint density at radius 2 is 2.29 bits per heavy atom. The number of likely N-dealkylation sites (N-methyl/N-ethyl adjacent to an activating group) is 1. The minimum Gasteiger partial charge on any atom is -0.329 e. The van der Waals surface area contributed by atoms with Crippen LogP contribution in [0, 0.1) is 0 Å². The van der Waals surface area contributed by atoms with Crippen LogP contribution in [0.25, 0.3) is 0 Å². The summed E-state index contributed by atoms with van der Waals surface area (Å²) in [6.07, 6.45) is 6.15. The molecule has 1 atom stereocenters. The summed E-state index contributed by atoms with van der Waals surface area (Å²) in [4.78, 5) is 6.33. The maximum absolute atomic E-state index is 5.56. The highest BCUT2D eigenvalue weighted by Gasteiger charge is 2.20. The molecule has 2 heterocycles. The summed E-state index contributed by atoms with van der Waals surface area (Å²) in [5.41, 5.74) is 11.9. The lowest BCUT2D eigenvalue weighted by Crippen LogP contribution is -2.34. The molecular formula is C13H24N4. The van der Waals surface area contributed by atoms with E-state index in [0.717, 1.165) is 12.1 Å². The van der Waals surface area contributed by atoms with Gasteiger partial charge in [-0.2, -0.15) is 0 Å². The van der Waals surface area contributed by atoms with Crippen LogP contribution in [-0.2, 0) is 6.54 Å². The second kappa shape index (κ2) is 8.17. The number of hydrogen-bond donors (Lipinski definition) is 2. The fraction of sp³-hybridized carbons (Fsp3) is 0.615. The van der Waals surface area contributed by atoms with Crippen LogP contribution < -0.4 is 11.5 Å². The van der Waals surface area contributed by atoms with E-state index in [1.54, 1.807) is 12.4 Å². The van der Waals surface area contributed by atoms with Gasteiger partial charge in [0.15, 0.2) is 0 Å². The zero-order valence-corrected chi connectivity index (χ0v) is 10.7. The third-order valence-electron chi connectivity index (χ3n) is 3.14. The van der Waals surface area contributed by atoms with Crippen LogP contribution in [-0.4, -0.2) is 35.6 Å². The molecule has 1 aliphatic heterocycles. The van der Waals surface area contributed by atoms with Gasteiger partial charge in [0.2, 0.25) is 0 Å². The van der Waals surface area contributed by atoms with Gasteiger partial charge in [-0.1, -0.05) is 13.0 Å². The first kappa shape index (κ1) is 14.1. The summed E-state index contributed by atoms with van der Waals surface area (Å²) in [5, 5.41) is 0. The number of likely N-dealkylation sites (tertiary alicyclic amines) is 1. The Morgan fingerprint density at radius 3 is 2.71 bits per heavy atom. The van der Waals surface area contributed by atoms with Crippen molar-refractivity contribution >= 4 is 0 Å². The van der Waals surface area contributed by atoms with Crippen molar-refractivity contribution in [2.24, 2.45) is 11.5 Å². The third kappa shape index (κ3) is 4.81. The van der Waals surface area contributed by atoms with Crippen LogP contribution in [0.5, 0.6) is 0 Å². The molecule has 4 heteroatoms. The van der Waals surface area contributed by atoms with Gasteiger partial charge in [0.25, 0.3) is 0 Å². The molecule has 1 saturated heterocycles. The molecule has 2 rings (SSSR count). The smallest absolute Gasteiger partial charge is 0.0312 e. The fourth-order valence-corrected chi connectivity index (χ4v) is 2.10. The summed E-state index contributed by atoms with van der Waals surface area (Å²) in [6, 6.07) is 4.52. The molecule has 0 radical (unpaired) electrons. The zero-order chi connectivity index (χ0) is 12.5.